The number of carbonyl (C=O) groups is 2. The molecule has 140 valence electrons. The molecule has 0 aliphatic heterocycles. The molecule has 0 aliphatic rings. The molecule has 26 heavy (non-hydrogen) atoms. The lowest BCUT2D eigenvalue weighted by Crippen LogP contribution is -2.15. The van der Waals surface area contributed by atoms with Gasteiger partial charge in [0, 0.05) is 30.6 Å². The minimum Gasteiger partial charge on any atom is -0.494 e. The molecule has 0 N–H and O–H groups in total. The highest BCUT2D eigenvalue weighted by Crippen LogP contribution is 2.17. The largest absolute Gasteiger partial charge is 0.494 e. The molecule has 1 aromatic carbocycles. The summed E-state index contributed by atoms with van der Waals surface area (Å²) in [4.78, 5) is 24.5. The van der Waals surface area contributed by atoms with Crippen LogP contribution >= 0.6 is 0 Å². The molecule has 0 saturated carbocycles. The first-order chi connectivity index (χ1) is 12.5. The van der Waals surface area contributed by atoms with Gasteiger partial charge < -0.3 is 18.8 Å². The number of hydrogen-bond donors (Lipinski definition) is 0. The summed E-state index contributed by atoms with van der Waals surface area (Å²) in [5, 5.41) is 0. The number of hydrogen-bond acceptors (Lipinski definition) is 5. The number of aryl methyl sites for hydroxylation is 1. The summed E-state index contributed by atoms with van der Waals surface area (Å²) >= 11 is 0. The fraction of sp³-hybridized carbons (Fsp3) is 0.400. The summed E-state index contributed by atoms with van der Waals surface area (Å²) in [6.07, 6.45) is 0. The van der Waals surface area contributed by atoms with Gasteiger partial charge in [0.1, 0.15) is 5.75 Å². The molecule has 0 aliphatic carbocycles. The van der Waals surface area contributed by atoms with E-state index >= 15 is 0 Å². The Morgan fingerprint density at radius 2 is 1.81 bits per heavy atom. The van der Waals surface area contributed by atoms with Crippen molar-refractivity contribution in [1.82, 2.24) is 4.57 Å². The summed E-state index contributed by atoms with van der Waals surface area (Å²) in [5.74, 6) is -0.0701. The van der Waals surface area contributed by atoms with Gasteiger partial charge in [0.15, 0.2) is 6.61 Å². The second kappa shape index (κ2) is 9.20. The molecule has 0 unspecified atom stereocenters. The molecule has 0 fully saturated rings. The van der Waals surface area contributed by atoms with Crippen molar-refractivity contribution in [2.45, 2.75) is 27.3 Å². The van der Waals surface area contributed by atoms with Crippen molar-refractivity contribution in [3.05, 3.63) is 52.8 Å². The highest BCUT2D eigenvalue weighted by molar-refractivity contribution is 6.00. The molecule has 2 rings (SSSR count). The van der Waals surface area contributed by atoms with E-state index in [1.165, 1.54) is 0 Å². The van der Waals surface area contributed by atoms with Crippen molar-refractivity contribution in [1.29, 1.82) is 0 Å². The molecule has 1 aromatic heterocycles. The molecule has 0 atom stereocenters. The predicted octanol–water partition coefficient (Wildman–Crippen LogP) is 3.19. The minimum absolute atomic E-state index is 0.221. The van der Waals surface area contributed by atoms with Gasteiger partial charge in [0.05, 0.1) is 18.8 Å². The summed E-state index contributed by atoms with van der Waals surface area (Å²) in [6.45, 7) is 7.21. The van der Waals surface area contributed by atoms with Crippen molar-refractivity contribution in [3.8, 4) is 5.75 Å². The van der Waals surface area contributed by atoms with Crippen LogP contribution in [0.3, 0.4) is 0 Å². The summed E-state index contributed by atoms with van der Waals surface area (Å²) in [5.41, 5.74) is 2.77. The van der Waals surface area contributed by atoms with Crippen LogP contribution in [0.1, 0.15) is 39.0 Å². The van der Waals surface area contributed by atoms with E-state index in [1.807, 2.05) is 31.4 Å². The van der Waals surface area contributed by atoms with Crippen LogP contribution in [0.4, 0.5) is 0 Å². The Bertz CT molecular complexity index is 761. The minimum atomic E-state index is -0.533. The van der Waals surface area contributed by atoms with Crippen LogP contribution in [0.2, 0.25) is 0 Å². The van der Waals surface area contributed by atoms with Crippen molar-refractivity contribution in [2.75, 3.05) is 26.9 Å². The van der Waals surface area contributed by atoms with Gasteiger partial charge in [-0.2, -0.15) is 0 Å². The lowest BCUT2D eigenvalue weighted by molar-refractivity contribution is 0.0474. The molecule has 0 radical (unpaired) electrons. The average molecular weight is 359 g/mol. The maximum atomic E-state index is 12.4. The van der Waals surface area contributed by atoms with Crippen LogP contribution in [-0.2, 0) is 16.0 Å². The third-order valence-electron chi connectivity index (χ3n) is 4.13. The number of carbonyl (C=O) groups excluding carboxylic acids is 2. The van der Waals surface area contributed by atoms with E-state index in [0.717, 1.165) is 11.4 Å². The first-order valence-electron chi connectivity index (χ1n) is 8.56. The van der Waals surface area contributed by atoms with E-state index in [9.17, 15) is 9.59 Å². The fourth-order valence-corrected chi connectivity index (χ4v) is 2.76. The third-order valence-corrected chi connectivity index (χ3v) is 4.13. The fourth-order valence-electron chi connectivity index (χ4n) is 2.76. The lowest BCUT2D eigenvalue weighted by Gasteiger charge is -2.09. The molecule has 6 nitrogen and oxygen atoms in total. The zero-order chi connectivity index (χ0) is 19.1. The van der Waals surface area contributed by atoms with E-state index < -0.39 is 5.97 Å². The average Bonchev–Trinajstić information content (AvgIpc) is 2.92. The van der Waals surface area contributed by atoms with E-state index in [1.54, 1.807) is 31.4 Å². The molecule has 6 heteroatoms. The molecule has 2 aromatic rings. The summed E-state index contributed by atoms with van der Waals surface area (Å²) < 4.78 is 17.6. The second-order valence-corrected chi connectivity index (χ2v) is 5.89. The number of ether oxygens (including phenoxy) is 3. The van der Waals surface area contributed by atoms with E-state index in [2.05, 4.69) is 0 Å². The zero-order valence-electron chi connectivity index (χ0n) is 15.7. The Kier molecular flexibility index (Phi) is 6.97. The second-order valence-electron chi connectivity index (χ2n) is 5.89. The van der Waals surface area contributed by atoms with Crippen LogP contribution < -0.4 is 4.74 Å². The predicted molar refractivity (Wildman–Crippen MR) is 98.0 cm³/mol. The highest BCUT2D eigenvalue weighted by atomic mass is 16.5. The quantitative estimate of drug-likeness (QED) is 0.508. The number of aromatic nitrogens is 1. The normalized spacial score (nSPS) is 10.6. The Morgan fingerprint density at radius 1 is 1.12 bits per heavy atom. The maximum absolute atomic E-state index is 12.4. The topological polar surface area (TPSA) is 66.8 Å². The van der Waals surface area contributed by atoms with Crippen LogP contribution in [0.25, 0.3) is 0 Å². The summed E-state index contributed by atoms with van der Waals surface area (Å²) in [6, 6.07) is 8.46. The van der Waals surface area contributed by atoms with Crippen molar-refractivity contribution < 1.29 is 23.8 Å². The van der Waals surface area contributed by atoms with Gasteiger partial charge in [-0.3, -0.25) is 4.79 Å². The third kappa shape index (κ3) is 4.73. The smallest absolute Gasteiger partial charge is 0.338 e. The number of esters is 1. The highest BCUT2D eigenvalue weighted by Gasteiger charge is 2.17. The van der Waals surface area contributed by atoms with Gasteiger partial charge in [-0.1, -0.05) is 0 Å². The Labute approximate surface area is 153 Å². The monoisotopic (exact) mass is 359 g/mol. The van der Waals surface area contributed by atoms with Gasteiger partial charge in [-0.25, -0.2) is 4.79 Å². The molecule has 1 heterocycles. The zero-order valence-corrected chi connectivity index (χ0v) is 15.7. The molecule has 0 amide bonds. The van der Waals surface area contributed by atoms with Gasteiger partial charge >= 0.3 is 5.97 Å². The first-order valence-corrected chi connectivity index (χ1v) is 8.56. The van der Waals surface area contributed by atoms with Crippen LogP contribution in [-0.4, -0.2) is 43.3 Å². The number of benzene rings is 1. The first kappa shape index (κ1) is 19.7. The van der Waals surface area contributed by atoms with Crippen molar-refractivity contribution in [2.24, 2.45) is 0 Å². The molecule has 0 saturated heterocycles. The lowest BCUT2D eigenvalue weighted by atomic mass is 10.1. The molecular formula is C20H25NO5. The molecule has 0 bridgehead atoms. The van der Waals surface area contributed by atoms with Gasteiger partial charge in [0.25, 0.3) is 0 Å². The van der Waals surface area contributed by atoms with E-state index in [-0.39, 0.29) is 12.4 Å². The van der Waals surface area contributed by atoms with Crippen molar-refractivity contribution >= 4 is 11.8 Å². The van der Waals surface area contributed by atoms with Crippen molar-refractivity contribution in [3.63, 3.8) is 0 Å². The molecular weight excluding hydrogens is 334 g/mol. The van der Waals surface area contributed by atoms with Gasteiger partial charge in [-0.15, -0.1) is 0 Å². The number of methoxy groups -OCH3 is 1. The van der Waals surface area contributed by atoms with E-state index in [0.29, 0.717) is 36.6 Å². The van der Waals surface area contributed by atoms with Gasteiger partial charge in [-0.05, 0) is 51.1 Å². The Hall–Kier alpha value is -2.60. The van der Waals surface area contributed by atoms with E-state index in [4.69, 9.17) is 14.2 Å². The van der Waals surface area contributed by atoms with Gasteiger partial charge in [0.2, 0.25) is 5.78 Å². The number of Topliss-reactive ketones (excluding diaryl/α,β-unsaturated/α-hetero) is 1. The van der Waals surface area contributed by atoms with Crippen LogP contribution in [0.5, 0.6) is 5.75 Å². The summed E-state index contributed by atoms with van der Waals surface area (Å²) in [7, 11) is 1.64. The maximum Gasteiger partial charge on any atom is 0.338 e. The van der Waals surface area contributed by atoms with Crippen LogP contribution in [0.15, 0.2) is 30.3 Å². The number of ketones is 1. The number of rotatable bonds is 9. The number of nitrogens with zero attached hydrogens (tertiary/aromatic N) is 1. The molecule has 0 spiro atoms. The van der Waals surface area contributed by atoms with Crippen LogP contribution in [0, 0.1) is 13.8 Å². The Balaban J connectivity index is 1.98. The standard InChI is InChI=1S/C20H25NO5/c1-5-25-17-8-6-16(7-9-17)20(23)26-13-19(22)18-12-14(2)21(15(18)3)10-11-24-4/h6-9,12H,5,10-11,13H2,1-4H3. The SMILES string of the molecule is CCOc1ccc(C(=O)OCC(=O)c2cc(C)n(CCOC)c2C)cc1. The Morgan fingerprint density at radius 3 is 2.42 bits per heavy atom.